The number of esters is 1. The van der Waals surface area contributed by atoms with E-state index in [4.69, 9.17) is 10.00 Å². The highest BCUT2D eigenvalue weighted by molar-refractivity contribution is 5.91. The van der Waals surface area contributed by atoms with Crippen molar-refractivity contribution in [1.29, 1.82) is 5.26 Å². The van der Waals surface area contributed by atoms with Crippen molar-refractivity contribution in [2.24, 2.45) is 0 Å². The highest BCUT2D eigenvalue weighted by Crippen LogP contribution is 2.12. The third kappa shape index (κ3) is 2.23. The van der Waals surface area contributed by atoms with E-state index in [0.717, 1.165) is 5.69 Å². The van der Waals surface area contributed by atoms with Crippen LogP contribution >= 0.6 is 0 Å². The number of benzene rings is 1. The van der Waals surface area contributed by atoms with Gasteiger partial charge in [-0.25, -0.2) is 9.48 Å². The van der Waals surface area contributed by atoms with E-state index < -0.39 is 5.97 Å². The van der Waals surface area contributed by atoms with Gasteiger partial charge in [0.2, 0.25) is 0 Å². The predicted octanol–water partition coefficient (Wildman–Crippen LogP) is 1.92. The number of nitriles is 1. The Morgan fingerprint density at radius 3 is 2.78 bits per heavy atom. The molecule has 1 aromatic carbocycles. The van der Waals surface area contributed by atoms with Crippen LogP contribution in [-0.4, -0.2) is 22.4 Å². The van der Waals surface area contributed by atoms with Gasteiger partial charge in [-0.05, 0) is 19.1 Å². The molecule has 0 saturated heterocycles. The quantitative estimate of drug-likeness (QED) is 0.770. The van der Waals surface area contributed by atoms with Crippen molar-refractivity contribution >= 4 is 5.97 Å². The smallest absolute Gasteiger partial charge is 0.342 e. The molecule has 0 aliphatic carbocycles. The van der Waals surface area contributed by atoms with E-state index in [1.165, 1.54) is 10.9 Å². The molecule has 0 amide bonds. The molecular formula is C13H11N3O2. The second kappa shape index (κ2) is 5.15. The van der Waals surface area contributed by atoms with Crippen molar-refractivity contribution in [3.05, 3.63) is 47.8 Å². The number of rotatable bonds is 3. The van der Waals surface area contributed by atoms with Gasteiger partial charge in [-0.15, -0.1) is 0 Å². The molecule has 0 unspecified atom stereocenters. The van der Waals surface area contributed by atoms with Gasteiger partial charge in [-0.1, -0.05) is 18.2 Å². The topological polar surface area (TPSA) is 67.9 Å². The lowest BCUT2D eigenvalue weighted by Crippen LogP contribution is -2.05. The monoisotopic (exact) mass is 241 g/mol. The number of nitrogens with zero attached hydrogens (tertiary/aromatic N) is 3. The molecule has 0 radical (unpaired) electrons. The first kappa shape index (κ1) is 11.9. The minimum atomic E-state index is -0.531. The molecule has 1 aromatic heterocycles. The van der Waals surface area contributed by atoms with Gasteiger partial charge >= 0.3 is 5.97 Å². The molecule has 2 rings (SSSR count). The van der Waals surface area contributed by atoms with E-state index in [9.17, 15) is 4.79 Å². The fourth-order valence-corrected chi connectivity index (χ4v) is 1.53. The van der Waals surface area contributed by atoms with Crippen LogP contribution in [0.5, 0.6) is 0 Å². The second-order valence-corrected chi connectivity index (χ2v) is 3.50. The van der Waals surface area contributed by atoms with Gasteiger partial charge in [0.05, 0.1) is 12.3 Å². The molecule has 0 atom stereocenters. The van der Waals surface area contributed by atoms with E-state index in [1.807, 2.05) is 36.4 Å². The first-order chi connectivity index (χ1) is 8.76. The molecule has 18 heavy (non-hydrogen) atoms. The largest absolute Gasteiger partial charge is 0.462 e. The molecule has 5 heteroatoms. The fraction of sp³-hybridized carbons (Fsp3) is 0.154. The Morgan fingerprint density at radius 2 is 2.17 bits per heavy atom. The fourth-order valence-electron chi connectivity index (χ4n) is 1.53. The molecule has 0 bridgehead atoms. The number of hydrogen-bond acceptors (Lipinski definition) is 4. The number of ether oxygens (including phenoxy) is 1. The summed E-state index contributed by atoms with van der Waals surface area (Å²) < 4.78 is 6.37. The zero-order valence-corrected chi connectivity index (χ0v) is 9.83. The lowest BCUT2D eigenvalue weighted by molar-refractivity contribution is 0.0526. The van der Waals surface area contributed by atoms with Crippen LogP contribution in [0.2, 0.25) is 0 Å². The van der Waals surface area contributed by atoms with Crippen LogP contribution in [0.4, 0.5) is 0 Å². The highest BCUT2D eigenvalue weighted by Gasteiger charge is 2.17. The molecule has 0 aliphatic rings. The summed E-state index contributed by atoms with van der Waals surface area (Å²) in [5.74, 6) is -0.531. The van der Waals surface area contributed by atoms with Crippen LogP contribution < -0.4 is 0 Å². The zero-order valence-electron chi connectivity index (χ0n) is 9.83. The minimum absolute atomic E-state index is 0.0669. The van der Waals surface area contributed by atoms with E-state index >= 15 is 0 Å². The summed E-state index contributed by atoms with van der Waals surface area (Å²) in [6, 6.07) is 11.2. The molecule has 0 saturated carbocycles. The molecule has 0 fully saturated rings. The summed E-state index contributed by atoms with van der Waals surface area (Å²) in [6.45, 7) is 1.98. The van der Waals surface area contributed by atoms with Crippen LogP contribution in [0.1, 0.15) is 23.0 Å². The third-order valence-corrected chi connectivity index (χ3v) is 2.34. The second-order valence-electron chi connectivity index (χ2n) is 3.50. The number of para-hydroxylation sites is 1. The molecule has 5 nitrogen and oxygen atoms in total. The SMILES string of the molecule is CCOC(=O)c1cn(-c2ccccc2)nc1C#N. The van der Waals surface area contributed by atoms with Crippen LogP contribution in [0.25, 0.3) is 5.69 Å². The number of carbonyl (C=O) groups excluding carboxylic acids is 1. The Bertz CT molecular complexity index is 596. The Balaban J connectivity index is 2.42. The zero-order chi connectivity index (χ0) is 13.0. The normalized spacial score (nSPS) is 9.78. The summed E-state index contributed by atoms with van der Waals surface area (Å²) >= 11 is 0. The molecule has 2 aromatic rings. The van der Waals surface area contributed by atoms with Crippen LogP contribution in [0.15, 0.2) is 36.5 Å². The first-order valence-electron chi connectivity index (χ1n) is 5.48. The molecule has 0 aliphatic heterocycles. The Hall–Kier alpha value is -2.61. The van der Waals surface area contributed by atoms with Crippen molar-refractivity contribution in [3.63, 3.8) is 0 Å². The Kier molecular flexibility index (Phi) is 3.39. The number of aromatic nitrogens is 2. The summed E-state index contributed by atoms with van der Waals surface area (Å²) in [6.07, 6.45) is 1.51. The summed E-state index contributed by atoms with van der Waals surface area (Å²) in [5, 5.41) is 13.0. The maximum absolute atomic E-state index is 11.6. The standard InChI is InChI=1S/C13H11N3O2/c1-2-18-13(17)11-9-16(15-12(11)8-14)10-6-4-3-5-7-10/h3-7,9H,2H2,1H3. The van der Waals surface area contributed by atoms with Gasteiger partial charge in [0.1, 0.15) is 11.6 Å². The lowest BCUT2D eigenvalue weighted by atomic mass is 10.2. The molecule has 0 N–H and O–H groups in total. The van der Waals surface area contributed by atoms with Crippen LogP contribution in [0.3, 0.4) is 0 Å². The highest BCUT2D eigenvalue weighted by atomic mass is 16.5. The average molecular weight is 241 g/mol. The molecular weight excluding hydrogens is 230 g/mol. The van der Waals surface area contributed by atoms with E-state index in [1.54, 1.807) is 6.92 Å². The van der Waals surface area contributed by atoms with E-state index in [2.05, 4.69) is 5.10 Å². The molecule has 1 heterocycles. The van der Waals surface area contributed by atoms with Crippen LogP contribution in [0, 0.1) is 11.3 Å². The van der Waals surface area contributed by atoms with Gasteiger partial charge in [0.15, 0.2) is 5.69 Å². The summed E-state index contributed by atoms with van der Waals surface area (Å²) in [7, 11) is 0. The van der Waals surface area contributed by atoms with E-state index in [-0.39, 0.29) is 17.9 Å². The number of hydrogen-bond donors (Lipinski definition) is 0. The van der Waals surface area contributed by atoms with Gasteiger partial charge in [0.25, 0.3) is 0 Å². The maximum atomic E-state index is 11.6. The van der Waals surface area contributed by atoms with Crippen molar-refractivity contribution in [1.82, 2.24) is 9.78 Å². The number of carbonyl (C=O) groups is 1. The molecule has 90 valence electrons. The maximum Gasteiger partial charge on any atom is 0.342 e. The predicted molar refractivity (Wildman–Crippen MR) is 64.2 cm³/mol. The summed E-state index contributed by atoms with van der Waals surface area (Å²) in [5.41, 5.74) is 1.03. The van der Waals surface area contributed by atoms with Gasteiger partial charge in [-0.2, -0.15) is 10.4 Å². The van der Waals surface area contributed by atoms with Crippen molar-refractivity contribution in [2.45, 2.75) is 6.92 Å². The van der Waals surface area contributed by atoms with Gasteiger partial charge in [0, 0.05) is 6.20 Å². The van der Waals surface area contributed by atoms with E-state index in [0.29, 0.717) is 0 Å². The van der Waals surface area contributed by atoms with Gasteiger partial charge in [-0.3, -0.25) is 0 Å². The minimum Gasteiger partial charge on any atom is -0.462 e. The average Bonchev–Trinajstić information content (AvgIpc) is 2.84. The van der Waals surface area contributed by atoms with Crippen LogP contribution in [-0.2, 0) is 4.74 Å². The van der Waals surface area contributed by atoms with Gasteiger partial charge < -0.3 is 4.74 Å². The third-order valence-electron chi connectivity index (χ3n) is 2.34. The van der Waals surface area contributed by atoms with Crippen molar-refractivity contribution < 1.29 is 9.53 Å². The lowest BCUT2D eigenvalue weighted by Gasteiger charge is -1.99. The van der Waals surface area contributed by atoms with Crippen molar-refractivity contribution in [2.75, 3.05) is 6.61 Å². The van der Waals surface area contributed by atoms with Crippen molar-refractivity contribution in [3.8, 4) is 11.8 Å². The Morgan fingerprint density at radius 1 is 1.44 bits per heavy atom. The molecule has 0 spiro atoms. The Labute approximate surface area is 104 Å². The summed E-state index contributed by atoms with van der Waals surface area (Å²) in [4.78, 5) is 11.6. The first-order valence-corrected chi connectivity index (χ1v) is 5.48.